The number of hydrogen-bond donors (Lipinski definition) is 1. The zero-order valence-corrected chi connectivity index (χ0v) is 16.6. The molecule has 4 aromatic rings. The van der Waals surface area contributed by atoms with E-state index in [-0.39, 0.29) is 17.5 Å². The van der Waals surface area contributed by atoms with Gasteiger partial charge >= 0.3 is 0 Å². The summed E-state index contributed by atoms with van der Waals surface area (Å²) in [6.07, 6.45) is 0.909. The third kappa shape index (κ3) is 2.92. The topological polar surface area (TPSA) is 46.9 Å². The smallest absolute Gasteiger partial charge is 0.279 e. The molecule has 0 radical (unpaired) electrons. The van der Waals surface area contributed by atoms with E-state index in [1.165, 1.54) is 22.3 Å². The molecule has 4 heteroatoms. The molecular weight excluding hydrogens is 358 g/mol. The predicted molar refractivity (Wildman–Crippen MR) is 117 cm³/mol. The van der Waals surface area contributed by atoms with Gasteiger partial charge in [0.1, 0.15) is 5.82 Å². The Morgan fingerprint density at radius 2 is 1.48 bits per heavy atom. The van der Waals surface area contributed by atoms with Gasteiger partial charge in [0.15, 0.2) is 0 Å². The minimum atomic E-state index is -0.102. The molecule has 1 aliphatic carbocycles. The van der Waals surface area contributed by atoms with Crippen LogP contribution in [-0.4, -0.2) is 9.66 Å². The summed E-state index contributed by atoms with van der Waals surface area (Å²) in [5.74, 6) is 0.850. The molecule has 1 aromatic heterocycles. The van der Waals surface area contributed by atoms with E-state index < -0.39 is 0 Å². The molecule has 29 heavy (non-hydrogen) atoms. The molecule has 0 atom stereocenters. The first-order valence-electron chi connectivity index (χ1n) is 10.1. The monoisotopic (exact) mass is 381 g/mol. The molecule has 0 amide bonds. The number of rotatable bonds is 3. The van der Waals surface area contributed by atoms with E-state index in [1.54, 1.807) is 4.68 Å². The highest BCUT2D eigenvalue weighted by molar-refractivity contribution is 5.77. The van der Waals surface area contributed by atoms with Crippen LogP contribution in [0.4, 0.5) is 0 Å². The largest absolute Gasteiger partial charge is 0.309 e. The lowest BCUT2D eigenvalue weighted by Crippen LogP contribution is -2.37. The zero-order chi connectivity index (χ0) is 20.0. The fourth-order valence-electron chi connectivity index (χ4n) is 4.26. The van der Waals surface area contributed by atoms with E-state index in [0.29, 0.717) is 5.39 Å². The van der Waals surface area contributed by atoms with Crippen molar-refractivity contribution in [2.24, 2.45) is 0 Å². The van der Waals surface area contributed by atoms with Crippen molar-refractivity contribution in [1.82, 2.24) is 9.66 Å². The summed E-state index contributed by atoms with van der Waals surface area (Å²) in [5, 5.41) is 0.627. The second kappa shape index (κ2) is 6.89. The van der Waals surface area contributed by atoms with Crippen LogP contribution in [0.1, 0.15) is 53.9 Å². The van der Waals surface area contributed by atoms with Gasteiger partial charge < -0.3 is 5.43 Å². The van der Waals surface area contributed by atoms with Crippen LogP contribution < -0.4 is 11.0 Å². The average molecular weight is 381 g/mol. The fraction of sp³-hybridized carbons (Fsp3) is 0.200. The maximum atomic E-state index is 13.4. The molecule has 0 fully saturated rings. The Kier molecular flexibility index (Phi) is 4.20. The molecule has 4 nitrogen and oxygen atoms in total. The first-order chi connectivity index (χ1) is 14.1. The third-order valence-corrected chi connectivity index (χ3v) is 5.69. The predicted octanol–water partition coefficient (Wildman–Crippen LogP) is 4.76. The Morgan fingerprint density at radius 1 is 0.897 bits per heavy atom. The van der Waals surface area contributed by atoms with Crippen LogP contribution in [0.3, 0.4) is 0 Å². The van der Waals surface area contributed by atoms with Gasteiger partial charge in [-0.25, -0.2) is 9.66 Å². The minimum absolute atomic E-state index is 0.0557. The summed E-state index contributed by atoms with van der Waals surface area (Å²) >= 11 is 0. The first kappa shape index (κ1) is 17.7. The van der Waals surface area contributed by atoms with Crippen molar-refractivity contribution in [2.45, 2.75) is 32.2 Å². The van der Waals surface area contributed by atoms with E-state index in [9.17, 15) is 4.79 Å². The van der Waals surface area contributed by atoms with E-state index >= 15 is 0 Å². The van der Waals surface area contributed by atoms with E-state index in [2.05, 4.69) is 67.8 Å². The van der Waals surface area contributed by atoms with Crippen molar-refractivity contribution in [3.8, 4) is 0 Å². The summed E-state index contributed by atoms with van der Waals surface area (Å²) in [6, 6.07) is 24.4. The molecule has 5 rings (SSSR count). The summed E-state index contributed by atoms with van der Waals surface area (Å²) in [7, 11) is 0. The molecule has 144 valence electrons. The molecule has 0 saturated carbocycles. The maximum absolute atomic E-state index is 13.4. The number of hydrogen-bond acceptors (Lipinski definition) is 3. The fourth-order valence-corrected chi connectivity index (χ4v) is 4.26. The Bertz CT molecular complexity index is 1230. The molecule has 0 aliphatic heterocycles. The van der Waals surface area contributed by atoms with Gasteiger partial charge in [0, 0.05) is 5.92 Å². The Hall–Kier alpha value is -3.40. The van der Waals surface area contributed by atoms with Gasteiger partial charge in [0.2, 0.25) is 0 Å². The molecule has 0 saturated heterocycles. The third-order valence-electron chi connectivity index (χ3n) is 5.69. The Morgan fingerprint density at radius 3 is 2.14 bits per heavy atom. The van der Waals surface area contributed by atoms with Crippen LogP contribution >= 0.6 is 0 Å². The van der Waals surface area contributed by atoms with Gasteiger partial charge in [-0.2, -0.15) is 0 Å². The summed E-state index contributed by atoms with van der Waals surface area (Å²) < 4.78 is 1.66. The summed E-state index contributed by atoms with van der Waals surface area (Å²) in [5.41, 5.74) is 9.22. The summed E-state index contributed by atoms with van der Waals surface area (Å²) in [4.78, 5) is 18.2. The molecule has 0 bridgehead atoms. The number of aromatic nitrogens is 2. The van der Waals surface area contributed by atoms with Crippen molar-refractivity contribution in [1.29, 1.82) is 0 Å². The van der Waals surface area contributed by atoms with Crippen molar-refractivity contribution in [3.05, 3.63) is 111 Å². The normalized spacial score (nSPS) is 13.3. The lowest BCUT2D eigenvalue weighted by Gasteiger charge is -2.31. The second-order valence-corrected chi connectivity index (χ2v) is 7.92. The minimum Gasteiger partial charge on any atom is -0.309 e. The first-order valence-corrected chi connectivity index (χ1v) is 10.1. The average Bonchev–Trinajstić information content (AvgIpc) is 2.75. The molecule has 0 spiro atoms. The van der Waals surface area contributed by atoms with E-state index in [0.717, 1.165) is 17.8 Å². The second-order valence-electron chi connectivity index (χ2n) is 7.92. The van der Waals surface area contributed by atoms with Crippen molar-refractivity contribution in [3.63, 3.8) is 0 Å². The van der Waals surface area contributed by atoms with Gasteiger partial charge in [-0.05, 0) is 40.8 Å². The van der Waals surface area contributed by atoms with Gasteiger partial charge in [-0.15, -0.1) is 0 Å². The van der Waals surface area contributed by atoms with Crippen LogP contribution in [0, 0.1) is 0 Å². The van der Waals surface area contributed by atoms with E-state index in [4.69, 9.17) is 4.98 Å². The highest BCUT2D eigenvalue weighted by atomic mass is 16.1. The SMILES string of the molecule is CC(C)c1nc2ccccc2c(=O)n1NC1c2ccccc2Cc2ccccc21. The van der Waals surface area contributed by atoms with Crippen LogP contribution in [0.2, 0.25) is 0 Å². The van der Waals surface area contributed by atoms with Crippen LogP contribution in [0.15, 0.2) is 77.6 Å². The van der Waals surface area contributed by atoms with Crippen LogP contribution in [0.25, 0.3) is 10.9 Å². The molecule has 1 aliphatic rings. The number of nitrogens with one attached hydrogen (secondary N) is 1. The van der Waals surface area contributed by atoms with Gasteiger partial charge in [0.05, 0.1) is 16.9 Å². The highest BCUT2D eigenvalue weighted by Gasteiger charge is 2.26. The molecule has 3 aromatic carbocycles. The standard InChI is InChI=1S/C25H23N3O/c1-16(2)24-26-22-14-8-7-13-21(22)25(29)28(24)27-23-19-11-5-3-9-17(19)15-18-10-4-6-12-20(18)23/h3-14,16,23,27H,15H2,1-2H3. The number of para-hydroxylation sites is 1. The molecule has 0 unspecified atom stereocenters. The van der Waals surface area contributed by atoms with Gasteiger partial charge in [-0.1, -0.05) is 74.5 Å². The highest BCUT2D eigenvalue weighted by Crippen LogP contribution is 2.35. The molecule has 1 heterocycles. The number of nitrogens with zero attached hydrogens (tertiary/aromatic N) is 2. The lowest BCUT2D eigenvalue weighted by atomic mass is 9.83. The Labute approximate surface area is 169 Å². The number of benzene rings is 3. The number of fused-ring (bicyclic) bond motifs is 3. The van der Waals surface area contributed by atoms with Crippen LogP contribution in [0.5, 0.6) is 0 Å². The van der Waals surface area contributed by atoms with Crippen LogP contribution in [-0.2, 0) is 6.42 Å². The van der Waals surface area contributed by atoms with Crippen molar-refractivity contribution in [2.75, 3.05) is 5.43 Å². The van der Waals surface area contributed by atoms with E-state index in [1.807, 2.05) is 24.3 Å². The molecule has 1 N–H and O–H groups in total. The van der Waals surface area contributed by atoms with Crippen molar-refractivity contribution >= 4 is 10.9 Å². The lowest BCUT2D eigenvalue weighted by molar-refractivity contribution is 0.630. The Balaban J connectivity index is 1.72. The summed E-state index contributed by atoms with van der Waals surface area (Å²) in [6.45, 7) is 4.13. The quantitative estimate of drug-likeness (QED) is 0.557. The van der Waals surface area contributed by atoms with Gasteiger partial charge in [0.25, 0.3) is 5.56 Å². The molecular formula is C25H23N3O. The van der Waals surface area contributed by atoms with Crippen molar-refractivity contribution < 1.29 is 0 Å². The maximum Gasteiger partial charge on any atom is 0.279 e. The van der Waals surface area contributed by atoms with Gasteiger partial charge in [-0.3, -0.25) is 4.79 Å². The zero-order valence-electron chi connectivity index (χ0n) is 16.6.